The van der Waals surface area contributed by atoms with Crippen molar-refractivity contribution in [2.45, 2.75) is 42.9 Å². The van der Waals surface area contributed by atoms with Gasteiger partial charge < -0.3 is 5.32 Å². The van der Waals surface area contributed by atoms with Gasteiger partial charge in [-0.25, -0.2) is 0 Å². The molecule has 1 nitrogen and oxygen atoms in total. The van der Waals surface area contributed by atoms with Crippen molar-refractivity contribution >= 4 is 34.4 Å². The topological polar surface area (TPSA) is 12.0 Å². The van der Waals surface area contributed by atoms with E-state index in [9.17, 15) is 0 Å². The van der Waals surface area contributed by atoms with Crippen LogP contribution >= 0.6 is 34.4 Å². The van der Waals surface area contributed by atoms with Gasteiger partial charge in [-0.05, 0) is 42.0 Å². The van der Waals surface area contributed by atoms with Gasteiger partial charge in [-0.1, -0.05) is 31.4 Å². The lowest BCUT2D eigenvalue weighted by molar-refractivity contribution is 0.372. The van der Waals surface area contributed by atoms with Crippen molar-refractivity contribution in [2.75, 3.05) is 12.8 Å². The third-order valence-electron chi connectivity index (χ3n) is 4.48. The van der Waals surface area contributed by atoms with E-state index in [0.29, 0.717) is 10.8 Å². The molecule has 0 aromatic carbocycles. The summed E-state index contributed by atoms with van der Waals surface area (Å²) in [6.45, 7) is 1.12. The molecule has 1 aliphatic rings. The SMILES string of the molecule is CSC1(CNC(c2cccs2)c2cccs2)CCCCC1. The molecule has 0 bridgehead atoms. The molecular weight excluding hydrogens is 314 g/mol. The molecule has 1 fully saturated rings. The molecule has 2 heterocycles. The van der Waals surface area contributed by atoms with Gasteiger partial charge in [0.05, 0.1) is 6.04 Å². The van der Waals surface area contributed by atoms with E-state index in [-0.39, 0.29) is 0 Å². The second-order valence-corrected chi connectivity index (χ2v) is 9.03. The van der Waals surface area contributed by atoms with Crippen LogP contribution in [0, 0.1) is 0 Å². The van der Waals surface area contributed by atoms with Crippen LogP contribution in [0.5, 0.6) is 0 Å². The summed E-state index contributed by atoms with van der Waals surface area (Å²) in [6.07, 6.45) is 9.22. The van der Waals surface area contributed by atoms with Crippen LogP contribution < -0.4 is 5.32 Å². The lowest BCUT2D eigenvalue weighted by Crippen LogP contribution is -2.40. The van der Waals surface area contributed by atoms with Crippen LogP contribution in [0.4, 0.5) is 0 Å². The van der Waals surface area contributed by atoms with Gasteiger partial charge in [-0.2, -0.15) is 11.8 Å². The van der Waals surface area contributed by atoms with Crippen LogP contribution in [0.15, 0.2) is 35.0 Å². The first kappa shape index (κ1) is 15.6. The van der Waals surface area contributed by atoms with Crippen molar-refractivity contribution < 1.29 is 0 Å². The van der Waals surface area contributed by atoms with Crippen molar-refractivity contribution in [1.29, 1.82) is 0 Å². The predicted molar refractivity (Wildman–Crippen MR) is 97.8 cm³/mol. The second-order valence-electron chi connectivity index (χ2n) is 5.79. The lowest BCUT2D eigenvalue weighted by atomic mass is 9.88. The summed E-state index contributed by atoms with van der Waals surface area (Å²) in [7, 11) is 0. The molecule has 0 spiro atoms. The number of nitrogens with one attached hydrogen (secondary N) is 1. The summed E-state index contributed by atoms with van der Waals surface area (Å²) in [5.41, 5.74) is 0. The maximum absolute atomic E-state index is 3.89. The Morgan fingerprint density at radius 1 is 1.10 bits per heavy atom. The predicted octanol–water partition coefficient (Wildman–Crippen LogP) is 5.55. The van der Waals surface area contributed by atoms with Gasteiger partial charge in [0, 0.05) is 21.0 Å². The van der Waals surface area contributed by atoms with Crippen LogP contribution in [-0.4, -0.2) is 17.5 Å². The Morgan fingerprint density at radius 3 is 2.19 bits per heavy atom. The summed E-state index contributed by atoms with van der Waals surface area (Å²) in [6, 6.07) is 9.21. The third-order valence-corrected chi connectivity index (χ3v) is 7.77. The zero-order chi connectivity index (χ0) is 14.5. The molecule has 114 valence electrons. The molecule has 3 rings (SSSR count). The Kier molecular flexibility index (Phi) is 5.43. The first-order chi connectivity index (χ1) is 10.3. The van der Waals surface area contributed by atoms with Crippen LogP contribution in [0.2, 0.25) is 0 Å². The third kappa shape index (κ3) is 3.73. The molecule has 0 atom stereocenters. The minimum Gasteiger partial charge on any atom is -0.304 e. The first-order valence-electron chi connectivity index (χ1n) is 7.68. The molecule has 2 aromatic heterocycles. The molecule has 4 heteroatoms. The number of hydrogen-bond acceptors (Lipinski definition) is 4. The molecule has 0 saturated heterocycles. The van der Waals surface area contributed by atoms with Gasteiger partial charge in [-0.3, -0.25) is 0 Å². The molecule has 0 unspecified atom stereocenters. The summed E-state index contributed by atoms with van der Waals surface area (Å²) < 4.78 is 0.449. The number of thiophene rings is 2. The normalized spacial score (nSPS) is 18.2. The van der Waals surface area contributed by atoms with E-state index in [1.807, 2.05) is 22.7 Å². The number of thioether (sulfide) groups is 1. The van der Waals surface area contributed by atoms with Crippen LogP contribution in [0.3, 0.4) is 0 Å². The zero-order valence-electron chi connectivity index (χ0n) is 12.5. The summed E-state index contributed by atoms with van der Waals surface area (Å²) in [5.74, 6) is 0. The van der Waals surface area contributed by atoms with Gasteiger partial charge in [0.15, 0.2) is 0 Å². The summed E-state index contributed by atoms with van der Waals surface area (Å²) in [4.78, 5) is 2.87. The van der Waals surface area contributed by atoms with Crippen molar-refractivity contribution in [3.63, 3.8) is 0 Å². The molecule has 21 heavy (non-hydrogen) atoms. The molecule has 1 aliphatic carbocycles. The fourth-order valence-electron chi connectivity index (χ4n) is 3.19. The van der Waals surface area contributed by atoms with E-state index in [4.69, 9.17) is 0 Å². The number of hydrogen-bond donors (Lipinski definition) is 1. The second kappa shape index (κ2) is 7.32. The van der Waals surface area contributed by atoms with E-state index in [2.05, 4.69) is 58.4 Å². The number of rotatable bonds is 6. The highest BCUT2D eigenvalue weighted by Crippen LogP contribution is 2.39. The van der Waals surface area contributed by atoms with Gasteiger partial charge in [0.25, 0.3) is 0 Å². The van der Waals surface area contributed by atoms with E-state index in [0.717, 1.165) is 6.54 Å². The van der Waals surface area contributed by atoms with Gasteiger partial charge in [-0.15, -0.1) is 22.7 Å². The summed E-state index contributed by atoms with van der Waals surface area (Å²) in [5, 5.41) is 8.25. The highest BCUT2D eigenvalue weighted by Gasteiger charge is 2.32. The van der Waals surface area contributed by atoms with Crippen LogP contribution in [-0.2, 0) is 0 Å². The Balaban J connectivity index is 1.73. The van der Waals surface area contributed by atoms with Crippen molar-refractivity contribution in [3.05, 3.63) is 44.8 Å². The van der Waals surface area contributed by atoms with Gasteiger partial charge in [0.2, 0.25) is 0 Å². The molecular formula is C17H23NS3. The minimum absolute atomic E-state index is 0.371. The van der Waals surface area contributed by atoms with Gasteiger partial charge in [0.1, 0.15) is 0 Å². The monoisotopic (exact) mass is 337 g/mol. The van der Waals surface area contributed by atoms with Crippen LogP contribution in [0.25, 0.3) is 0 Å². The Hall–Kier alpha value is -0.290. The van der Waals surface area contributed by atoms with E-state index in [1.165, 1.54) is 41.9 Å². The highest BCUT2D eigenvalue weighted by atomic mass is 32.2. The molecule has 2 aromatic rings. The van der Waals surface area contributed by atoms with E-state index >= 15 is 0 Å². The largest absolute Gasteiger partial charge is 0.304 e. The Bertz CT molecular complexity index is 478. The van der Waals surface area contributed by atoms with Gasteiger partial charge >= 0.3 is 0 Å². The Labute approximate surface area is 140 Å². The van der Waals surface area contributed by atoms with E-state index < -0.39 is 0 Å². The Morgan fingerprint density at radius 2 is 1.71 bits per heavy atom. The smallest absolute Gasteiger partial charge is 0.0765 e. The first-order valence-corrected chi connectivity index (χ1v) is 10.7. The van der Waals surface area contributed by atoms with Crippen molar-refractivity contribution in [2.24, 2.45) is 0 Å². The summed E-state index contributed by atoms with van der Waals surface area (Å²) >= 11 is 5.79. The molecule has 0 aliphatic heterocycles. The van der Waals surface area contributed by atoms with Crippen molar-refractivity contribution in [1.82, 2.24) is 5.32 Å². The highest BCUT2D eigenvalue weighted by molar-refractivity contribution is 8.00. The molecule has 0 amide bonds. The average Bonchev–Trinajstić information content (AvgIpc) is 3.22. The molecule has 1 N–H and O–H groups in total. The lowest BCUT2D eigenvalue weighted by Gasteiger charge is -2.37. The molecule has 0 radical (unpaired) electrons. The zero-order valence-corrected chi connectivity index (χ0v) is 15.0. The van der Waals surface area contributed by atoms with Crippen LogP contribution in [0.1, 0.15) is 47.9 Å². The fraction of sp³-hybridized carbons (Fsp3) is 0.529. The standard InChI is InChI=1S/C17H23NS3/c1-19-17(9-3-2-4-10-17)13-18-16(14-7-5-11-20-14)15-8-6-12-21-15/h5-8,11-12,16,18H,2-4,9-10,13H2,1H3. The average molecular weight is 338 g/mol. The van der Waals surface area contributed by atoms with Crippen molar-refractivity contribution in [3.8, 4) is 0 Å². The fourth-order valence-corrected chi connectivity index (χ4v) is 5.82. The molecule has 1 saturated carbocycles. The van der Waals surface area contributed by atoms with E-state index in [1.54, 1.807) is 0 Å². The quantitative estimate of drug-likeness (QED) is 0.741. The maximum Gasteiger partial charge on any atom is 0.0765 e. The minimum atomic E-state index is 0.371. The maximum atomic E-state index is 3.89.